The van der Waals surface area contributed by atoms with Crippen molar-refractivity contribution in [2.24, 2.45) is 0 Å². The molecule has 0 aromatic heterocycles. The summed E-state index contributed by atoms with van der Waals surface area (Å²) in [6, 6.07) is 0. The Morgan fingerprint density at radius 3 is 2.47 bits per heavy atom. The zero-order valence-electron chi connectivity index (χ0n) is 9.92. The van der Waals surface area contributed by atoms with Gasteiger partial charge in [0.2, 0.25) is 0 Å². The lowest BCUT2D eigenvalue weighted by Gasteiger charge is -2.01. The average Bonchev–Trinajstić information content (AvgIpc) is 2.26. The molecule has 1 heteroatoms. The monoisotopic (exact) mass is 204 g/mol. The molecule has 0 amide bonds. The van der Waals surface area contributed by atoms with Crippen LogP contribution >= 0.6 is 0 Å². The molecule has 0 aliphatic rings. The van der Waals surface area contributed by atoms with Crippen molar-refractivity contribution in [2.75, 3.05) is 7.11 Å². The third-order valence-corrected chi connectivity index (χ3v) is 2.07. The standard InChI is InChI=1S/C14H20O/c1-6-8-9-12(3)13(4)10-11-14(7-2)15-5/h6,8-11H,1,3,7H2,2,4-5H3/b9-8-,13-10+,14-11+. The van der Waals surface area contributed by atoms with Gasteiger partial charge in [0.05, 0.1) is 12.9 Å². The summed E-state index contributed by atoms with van der Waals surface area (Å²) in [5.41, 5.74) is 2.11. The quantitative estimate of drug-likeness (QED) is 0.466. The van der Waals surface area contributed by atoms with Gasteiger partial charge < -0.3 is 4.74 Å². The fourth-order valence-corrected chi connectivity index (χ4v) is 0.971. The maximum atomic E-state index is 5.16. The fourth-order valence-electron chi connectivity index (χ4n) is 0.971. The first-order chi connectivity index (χ1) is 7.15. The number of rotatable bonds is 6. The van der Waals surface area contributed by atoms with Crippen LogP contribution in [0.5, 0.6) is 0 Å². The van der Waals surface area contributed by atoms with Crippen LogP contribution in [-0.2, 0) is 4.74 Å². The SMILES string of the molecule is C=C/C=C\C(=C)/C(C)=C/C=C(\CC)OC. The first-order valence-electron chi connectivity index (χ1n) is 5.05. The summed E-state index contributed by atoms with van der Waals surface area (Å²) in [7, 11) is 1.69. The Labute approximate surface area is 93.1 Å². The normalized spacial score (nSPS) is 13.0. The molecule has 0 aromatic rings. The number of hydrogen-bond acceptors (Lipinski definition) is 1. The molecular formula is C14H20O. The zero-order chi connectivity index (χ0) is 11.7. The Balaban J connectivity index is 4.55. The molecule has 1 nitrogen and oxygen atoms in total. The molecule has 0 bridgehead atoms. The van der Waals surface area contributed by atoms with Gasteiger partial charge >= 0.3 is 0 Å². The van der Waals surface area contributed by atoms with Gasteiger partial charge in [-0.2, -0.15) is 0 Å². The number of methoxy groups -OCH3 is 1. The summed E-state index contributed by atoms with van der Waals surface area (Å²) in [5, 5.41) is 0. The molecule has 0 heterocycles. The Bertz CT molecular complexity index is 297. The van der Waals surface area contributed by atoms with Crippen LogP contribution in [0, 0.1) is 0 Å². The van der Waals surface area contributed by atoms with E-state index in [-0.39, 0.29) is 0 Å². The van der Waals surface area contributed by atoms with Crippen molar-refractivity contribution < 1.29 is 4.74 Å². The highest BCUT2D eigenvalue weighted by Gasteiger charge is 1.92. The van der Waals surface area contributed by atoms with Crippen LogP contribution in [0.15, 0.2) is 60.4 Å². The van der Waals surface area contributed by atoms with E-state index in [4.69, 9.17) is 4.74 Å². The third-order valence-electron chi connectivity index (χ3n) is 2.07. The highest BCUT2D eigenvalue weighted by atomic mass is 16.5. The van der Waals surface area contributed by atoms with Gasteiger partial charge in [0.25, 0.3) is 0 Å². The molecule has 0 atom stereocenters. The van der Waals surface area contributed by atoms with E-state index in [1.807, 2.05) is 31.2 Å². The predicted molar refractivity (Wildman–Crippen MR) is 67.6 cm³/mol. The summed E-state index contributed by atoms with van der Waals surface area (Å²) >= 11 is 0. The van der Waals surface area contributed by atoms with Gasteiger partial charge in [-0.05, 0) is 24.1 Å². The first kappa shape index (κ1) is 13.5. The molecule has 82 valence electrons. The van der Waals surface area contributed by atoms with Crippen LogP contribution in [-0.4, -0.2) is 7.11 Å². The average molecular weight is 204 g/mol. The van der Waals surface area contributed by atoms with E-state index in [2.05, 4.69) is 20.1 Å². The van der Waals surface area contributed by atoms with E-state index in [1.165, 1.54) is 0 Å². The molecule has 15 heavy (non-hydrogen) atoms. The molecule has 0 aliphatic carbocycles. The molecule has 0 aliphatic heterocycles. The summed E-state index contributed by atoms with van der Waals surface area (Å²) in [6.07, 6.45) is 10.4. The van der Waals surface area contributed by atoms with Crippen LogP contribution in [0.3, 0.4) is 0 Å². The third kappa shape index (κ3) is 5.74. The van der Waals surface area contributed by atoms with Crippen LogP contribution in [0.2, 0.25) is 0 Å². The minimum Gasteiger partial charge on any atom is -0.501 e. The largest absolute Gasteiger partial charge is 0.501 e. The lowest BCUT2D eigenvalue weighted by atomic mass is 10.1. The number of hydrogen-bond donors (Lipinski definition) is 0. The summed E-state index contributed by atoms with van der Waals surface area (Å²) in [4.78, 5) is 0. The van der Waals surface area contributed by atoms with Crippen LogP contribution in [0.1, 0.15) is 20.3 Å². The molecular weight excluding hydrogens is 184 g/mol. The molecule has 0 spiro atoms. The van der Waals surface area contributed by atoms with Gasteiger partial charge in [-0.25, -0.2) is 0 Å². The van der Waals surface area contributed by atoms with E-state index < -0.39 is 0 Å². The van der Waals surface area contributed by atoms with Crippen molar-refractivity contribution in [3.8, 4) is 0 Å². The predicted octanol–water partition coefficient (Wildman–Crippen LogP) is 4.17. The minimum absolute atomic E-state index is 0.898. The van der Waals surface area contributed by atoms with Crippen molar-refractivity contribution in [3.05, 3.63) is 60.4 Å². The molecule has 0 aromatic carbocycles. The summed E-state index contributed by atoms with van der Waals surface area (Å²) in [5.74, 6) is 0.967. The van der Waals surface area contributed by atoms with Crippen molar-refractivity contribution in [2.45, 2.75) is 20.3 Å². The molecule has 0 N–H and O–H groups in total. The minimum atomic E-state index is 0.898. The van der Waals surface area contributed by atoms with Gasteiger partial charge in [0, 0.05) is 6.42 Å². The topological polar surface area (TPSA) is 9.23 Å². The Morgan fingerprint density at radius 2 is 2.00 bits per heavy atom. The molecule has 0 saturated carbocycles. The molecule has 0 rings (SSSR count). The van der Waals surface area contributed by atoms with Gasteiger partial charge in [0.1, 0.15) is 0 Å². The van der Waals surface area contributed by atoms with Gasteiger partial charge in [-0.3, -0.25) is 0 Å². The number of ether oxygens (including phenoxy) is 1. The highest BCUT2D eigenvalue weighted by Crippen LogP contribution is 2.10. The van der Waals surface area contributed by atoms with Crippen molar-refractivity contribution >= 4 is 0 Å². The second-order valence-corrected chi connectivity index (χ2v) is 3.16. The van der Waals surface area contributed by atoms with E-state index in [1.54, 1.807) is 13.2 Å². The summed E-state index contributed by atoms with van der Waals surface area (Å²) < 4.78 is 5.16. The van der Waals surface area contributed by atoms with E-state index in [0.29, 0.717) is 0 Å². The molecule has 0 unspecified atom stereocenters. The van der Waals surface area contributed by atoms with E-state index in [9.17, 15) is 0 Å². The Kier molecular flexibility index (Phi) is 7.08. The van der Waals surface area contributed by atoms with Crippen molar-refractivity contribution in [1.29, 1.82) is 0 Å². The van der Waals surface area contributed by atoms with Gasteiger partial charge in [-0.15, -0.1) is 0 Å². The second kappa shape index (κ2) is 7.86. The first-order valence-corrected chi connectivity index (χ1v) is 5.05. The Hall–Kier alpha value is -1.50. The van der Waals surface area contributed by atoms with Crippen LogP contribution in [0.25, 0.3) is 0 Å². The molecule has 0 radical (unpaired) electrons. The van der Waals surface area contributed by atoms with Gasteiger partial charge in [-0.1, -0.05) is 44.4 Å². The molecule has 0 saturated heterocycles. The maximum absolute atomic E-state index is 5.16. The zero-order valence-corrected chi connectivity index (χ0v) is 9.92. The van der Waals surface area contributed by atoms with Crippen LogP contribution < -0.4 is 0 Å². The lowest BCUT2D eigenvalue weighted by molar-refractivity contribution is 0.281. The smallest absolute Gasteiger partial charge is 0.0952 e. The maximum Gasteiger partial charge on any atom is 0.0952 e. The lowest BCUT2D eigenvalue weighted by Crippen LogP contribution is -1.83. The fraction of sp³-hybridized carbons (Fsp3) is 0.286. The van der Waals surface area contributed by atoms with Gasteiger partial charge in [0.15, 0.2) is 0 Å². The van der Waals surface area contributed by atoms with Crippen molar-refractivity contribution in [1.82, 2.24) is 0 Å². The van der Waals surface area contributed by atoms with E-state index >= 15 is 0 Å². The molecule has 0 fully saturated rings. The Morgan fingerprint density at radius 1 is 1.33 bits per heavy atom. The summed E-state index contributed by atoms with van der Waals surface area (Å²) in [6.45, 7) is 11.6. The number of allylic oxidation sites excluding steroid dienone is 8. The van der Waals surface area contributed by atoms with Crippen molar-refractivity contribution in [3.63, 3.8) is 0 Å². The second-order valence-electron chi connectivity index (χ2n) is 3.16. The van der Waals surface area contributed by atoms with Crippen LogP contribution in [0.4, 0.5) is 0 Å². The highest BCUT2D eigenvalue weighted by molar-refractivity contribution is 5.38. The van der Waals surface area contributed by atoms with E-state index in [0.717, 1.165) is 23.3 Å².